The van der Waals surface area contributed by atoms with Crippen molar-refractivity contribution in [2.45, 2.75) is 31.6 Å². The summed E-state index contributed by atoms with van der Waals surface area (Å²) in [7, 11) is 7.81. The highest BCUT2D eigenvalue weighted by Gasteiger charge is 2.42. The SMILES string of the molecule is COCCOC(=O)C1=C(C)NC2=C(C(=O)C[C@H](c3ccc(OC)c(OC)c3)C2)[C@H]1c1cc(Br)c(OC)c(OC)c1. The van der Waals surface area contributed by atoms with E-state index in [0.717, 1.165) is 11.3 Å². The number of benzene rings is 2. The van der Waals surface area contributed by atoms with Crippen LogP contribution >= 0.6 is 15.9 Å². The summed E-state index contributed by atoms with van der Waals surface area (Å²) in [6, 6.07) is 9.37. The second-order valence-corrected chi connectivity index (χ2v) is 10.4. The molecule has 2 aromatic carbocycles. The second kappa shape index (κ2) is 12.8. The number of hydrogen-bond donors (Lipinski definition) is 1. The number of carbonyl (C=O) groups excluding carboxylic acids is 2. The molecule has 0 amide bonds. The number of carbonyl (C=O) groups is 2. The molecule has 4 rings (SSSR count). The molecule has 9 nitrogen and oxygen atoms in total. The van der Waals surface area contributed by atoms with Crippen molar-refractivity contribution in [1.29, 1.82) is 0 Å². The number of hydrogen-bond acceptors (Lipinski definition) is 9. The van der Waals surface area contributed by atoms with Crippen LogP contribution in [-0.4, -0.2) is 60.5 Å². The monoisotopic (exact) mass is 615 g/mol. The molecule has 0 saturated heterocycles. The van der Waals surface area contributed by atoms with E-state index in [1.807, 2.05) is 31.2 Å². The maximum absolute atomic E-state index is 14.0. The quantitative estimate of drug-likeness (QED) is 0.291. The molecule has 0 spiro atoms. The summed E-state index contributed by atoms with van der Waals surface area (Å²) in [6.45, 7) is 2.18. The van der Waals surface area contributed by atoms with Crippen LogP contribution < -0.4 is 24.3 Å². The van der Waals surface area contributed by atoms with Crippen LogP contribution in [-0.2, 0) is 19.1 Å². The minimum absolute atomic E-state index is 0.0564. The van der Waals surface area contributed by atoms with Crippen LogP contribution in [0.25, 0.3) is 0 Å². The van der Waals surface area contributed by atoms with E-state index < -0.39 is 11.9 Å². The van der Waals surface area contributed by atoms with Gasteiger partial charge in [-0.1, -0.05) is 6.07 Å². The number of Topliss-reactive ketones (excluding diaryl/α,β-unsaturated/α-hetero) is 1. The van der Waals surface area contributed by atoms with E-state index in [1.54, 1.807) is 34.5 Å². The lowest BCUT2D eigenvalue weighted by atomic mass is 9.71. The first-order chi connectivity index (χ1) is 19.3. The fourth-order valence-corrected chi connectivity index (χ4v) is 6.01. The highest BCUT2D eigenvalue weighted by molar-refractivity contribution is 9.10. The predicted molar refractivity (Wildman–Crippen MR) is 152 cm³/mol. The maximum Gasteiger partial charge on any atom is 0.336 e. The van der Waals surface area contributed by atoms with Crippen LogP contribution in [0, 0.1) is 0 Å². The van der Waals surface area contributed by atoms with Crippen molar-refractivity contribution in [1.82, 2.24) is 5.32 Å². The van der Waals surface area contributed by atoms with Gasteiger partial charge in [0.2, 0.25) is 0 Å². The Morgan fingerprint density at radius 2 is 1.60 bits per heavy atom. The van der Waals surface area contributed by atoms with Gasteiger partial charge in [0, 0.05) is 36.4 Å². The Bertz CT molecular complexity index is 1370. The van der Waals surface area contributed by atoms with E-state index in [4.69, 9.17) is 28.4 Å². The van der Waals surface area contributed by atoms with Crippen molar-refractivity contribution in [3.8, 4) is 23.0 Å². The molecule has 0 unspecified atom stereocenters. The molecule has 0 saturated carbocycles. The Labute approximate surface area is 242 Å². The fraction of sp³-hybridized carbons (Fsp3) is 0.400. The summed E-state index contributed by atoms with van der Waals surface area (Å²) < 4.78 is 33.2. The molecule has 40 heavy (non-hydrogen) atoms. The lowest BCUT2D eigenvalue weighted by Crippen LogP contribution is -2.36. The van der Waals surface area contributed by atoms with E-state index in [9.17, 15) is 9.59 Å². The van der Waals surface area contributed by atoms with Gasteiger partial charge in [-0.2, -0.15) is 0 Å². The number of ketones is 1. The number of rotatable bonds is 10. The molecule has 1 heterocycles. The van der Waals surface area contributed by atoms with Crippen LogP contribution in [0.4, 0.5) is 0 Å². The van der Waals surface area contributed by atoms with Crippen molar-refractivity contribution < 1.29 is 38.0 Å². The Morgan fingerprint density at radius 3 is 2.25 bits per heavy atom. The van der Waals surface area contributed by atoms with Crippen molar-refractivity contribution >= 4 is 27.7 Å². The van der Waals surface area contributed by atoms with Gasteiger partial charge < -0.3 is 33.7 Å². The molecule has 0 radical (unpaired) electrons. The van der Waals surface area contributed by atoms with E-state index in [2.05, 4.69) is 21.2 Å². The highest BCUT2D eigenvalue weighted by Crippen LogP contribution is 2.49. The zero-order valence-corrected chi connectivity index (χ0v) is 25.1. The molecule has 0 bridgehead atoms. The van der Waals surface area contributed by atoms with Gasteiger partial charge in [0.15, 0.2) is 28.8 Å². The van der Waals surface area contributed by atoms with Crippen molar-refractivity contribution in [3.63, 3.8) is 0 Å². The van der Waals surface area contributed by atoms with Crippen molar-refractivity contribution in [3.05, 3.63) is 68.5 Å². The summed E-state index contributed by atoms with van der Waals surface area (Å²) in [4.78, 5) is 27.4. The molecule has 2 aliphatic rings. The summed E-state index contributed by atoms with van der Waals surface area (Å²) in [6.07, 6.45) is 0.844. The predicted octanol–water partition coefficient (Wildman–Crippen LogP) is 5.03. The van der Waals surface area contributed by atoms with Gasteiger partial charge in [-0.3, -0.25) is 4.79 Å². The van der Waals surface area contributed by atoms with Gasteiger partial charge in [0.25, 0.3) is 0 Å². The van der Waals surface area contributed by atoms with Crippen LogP contribution in [0.5, 0.6) is 23.0 Å². The van der Waals surface area contributed by atoms with Crippen LogP contribution in [0.1, 0.15) is 42.7 Å². The number of ether oxygens (including phenoxy) is 6. The molecule has 2 aromatic rings. The van der Waals surface area contributed by atoms with Gasteiger partial charge in [-0.25, -0.2) is 4.79 Å². The normalized spacial score (nSPS) is 18.6. The third kappa shape index (κ3) is 5.69. The Hall–Kier alpha value is -3.50. The number of esters is 1. The maximum atomic E-state index is 14.0. The number of halogens is 1. The fourth-order valence-electron chi connectivity index (χ4n) is 5.39. The topological polar surface area (TPSA) is 102 Å². The standard InChI is InChI=1S/C30H34BrNO8/c1-16-26(30(34)40-10-9-35-2)27(19-11-20(31)29(39-6)25(15-19)38-5)28-21(32-16)12-18(13-22(28)33)17-7-8-23(36-3)24(14-17)37-4/h7-8,11,14-15,18,27,32H,9-10,12-13H2,1-6H3/t18-,27+/m1/s1. The molecule has 0 aromatic heterocycles. The van der Waals surface area contributed by atoms with Crippen molar-refractivity contribution in [2.24, 2.45) is 0 Å². The lowest BCUT2D eigenvalue weighted by molar-refractivity contribution is -0.140. The molecular formula is C30H34BrNO8. The summed E-state index contributed by atoms with van der Waals surface area (Å²) >= 11 is 3.57. The molecule has 1 aliphatic heterocycles. The van der Waals surface area contributed by atoms with Gasteiger partial charge in [-0.05, 0) is 70.6 Å². The van der Waals surface area contributed by atoms with E-state index in [-0.39, 0.29) is 31.3 Å². The average molecular weight is 617 g/mol. The van der Waals surface area contributed by atoms with Gasteiger partial charge >= 0.3 is 5.97 Å². The van der Waals surface area contributed by atoms with E-state index in [1.165, 1.54) is 7.11 Å². The Kier molecular flexibility index (Phi) is 9.42. The van der Waals surface area contributed by atoms with Gasteiger partial charge in [0.05, 0.1) is 45.1 Å². The molecule has 10 heteroatoms. The first kappa shape index (κ1) is 29.5. The largest absolute Gasteiger partial charge is 0.493 e. The lowest BCUT2D eigenvalue weighted by Gasteiger charge is -2.37. The summed E-state index contributed by atoms with van der Waals surface area (Å²) in [5.41, 5.74) is 3.98. The van der Waals surface area contributed by atoms with Gasteiger partial charge in [0.1, 0.15) is 6.61 Å². The van der Waals surface area contributed by atoms with Gasteiger partial charge in [-0.15, -0.1) is 0 Å². The van der Waals surface area contributed by atoms with Crippen LogP contribution in [0.2, 0.25) is 0 Å². The zero-order chi connectivity index (χ0) is 29.0. The van der Waals surface area contributed by atoms with Crippen molar-refractivity contribution in [2.75, 3.05) is 48.8 Å². The molecule has 1 N–H and O–H groups in total. The van der Waals surface area contributed by atoms with Crippen LogP contribution in [0.15, 0.2) is 57.3 Å². The second-order valence-electron chi connectivity index (χ2n) is 9.50. The first-order valence-electron chi connectivity index (χ1n) is 12.8. The number of allylic oxidation sites excluding steroid dienone is 3. The molecule has 214 valence electrons. The average Bonchev–Trinajstić information content (AvgIpc) is 2.95. The summed E-state index contributed by atoms with van der Waals surface area (Å²) in [5.74, 6) is 0.901. The first-order valence-corrected chi connectivity index (χ1v) is 13.6. The number of methoxy groups -OCH3 is 5. The van der Waals surface area contributed by atoms with Crippen LogP contribution in [0.3, 0.4) is 0 Å². The third-order valence-electron chi connectivity index (χ3n) is 7.24. The molecule has 1 aliphatic carbocycles. The molecular weight excluding hydrogens is 582 g/mol. The number of nitrogens with one attached hydrogen (secondary N) is 1. The Balaban J connectivity index is 1.81. The number of dihydropyridines is 1. The highest BCUT2D eigenvalue weighted by atomic mass is 79.9. The zero-order valence-electron chi connectivity index (χ0n) is 23.5. The van der Waals surface area contributed by atoms with E-state index in [0.29, 0.717) is 56.3 Å². The smallest absolute Gasteiger partial charge is 0.336 e. The Morgan fingerprint density at radius 1 is 0.900 bits per heavy atom. The summed E-state index contributed by atoms with van der Waals surface area (Å²) in [5, 5.41) is 3.37. The minimum atomic E-state index is -0.666. The minimum Gasteiger partial charge on any atom is -0.493 e. The van der Waals surface area contributed by atoms with E-state index >= 15 is 0 Å². The molecule has 0 fully saturated rings. The third-order valence-corrected chi connectivity index (χ3v) is 7.83. The molecule has 2 atom stereocenters.